The average Bonchev–Trinajstić information content (AvgIpc) is 3.16. The van der Waals surface area contributed by atoms with E-state index in [1.807, 2.05) is 0 Å². The Hall–Kier alpha value is -2.20. The van der Waals surface area contributed by atoms with Crippen LogP contribution in [0.5, 0.6) is 0 Å². The second kappa shape index (κ2) is 6.96. The number of aromatic nitrogens is 1. The van der Waals surface area contributed by atoms with Gasteiger partial charge in [0.25, 0.3) is 10.0 Å². The molecule has 0 radical (unpaired) electrons. The first-order valence-corrected chi connectivity index (χ1v) is 10.1. The van der Waals surface area contributed by atoms with Crippen LogP contribution in [0, 0.1) is 0 Å². The van der Waals surface area contributed by atoms with Gasteiger partial charge in [0, 0.05) is 43.4 Å². The number of carbonyl (C=O) groups excluding carboxylic acids is 2. The quantitative estimate of drug-likeness (QED) is 0.770. The van der Waals surface area contributed by atoms with Crippen molar-refractivity contribution in [2.45, 2.75) is 19.8 Å². The standard InChI is InChI=1S/C15H18N4O4S2/c1-10-12(20)3-2-4-13(10)25(22,23)18-14-17-11(9-24-14)5-7-19-8-6-16-15(19)21/h2,4,9H,3,5-8H2,1H3,(H,16,21)(H,17,18). The highest BCUT2D eigenvalue weighted by molar-refractivity contribution is 7.96. The van der Waals surface area contributed by atoms with Crippen LogP contribution >= 0.6 is 11.3 Å². The molecule has 0 spiro atoms. The Labute approximate surface area is 149 Å². The van der Waals surface area contributed by atoms with Gasteiger partial charge in [-0.25, -0.2) is 18.2 Å². The number of hydrogen-bond donors (Lipinski definition) is 2. The van der Waals surface area contributed by atoms with Gasteiger partial charge >= 0.3 is 6.03 Å². The van der Waals surface area contributed by atoms with Gasteiger partial charge in [-0.05, 0) is 13.0 Å². The molecule has 134 valence electrons. The molecule has 0 aromatic carbocycles. The van der Waals surface area contributed by atoms with E-state index in [2.05, 4.69) is 15.0 Å². The number of hydrogen-bond acceptors (Lipinski definition) is 6. The van der Waals surface area contributed by atoms with Crippen molar-refractivity contribution < 1.29 is 18.0 Å². The van der Waals surface area contributed by atoms with Gasteiger partial charge in [0.05, 0.1) is 10.6 Å². The topological polar surface area (TPSA) is 108 Å². The maximum atomic E-state index is 12.5. The molecular formula is C15H18N4O4S2. The lowest BCUT2D eigenvalue weighted by molar-refractivity contribution is -0.114. The van der Waals surface area contributed by atoms with Gasteiger partial charge in [-0.3, -0.25) is 9.52 Å². The largest absolute Gasteiger partial charge is 0.336 e. The zero-order valence-corrected chi connectivity index (χ0v) is 15.2. The number of amides is 2. The van der Waals surface area contributed by atoms with Crippen LogP contribution in [0.4, 0.5) is 9.93 Å². The number of carbonyl (C=O) groups is 2. The van der Waals surface area contributed by atoms with Crippen LogP contribution in [0.25, 0.3) is 0 Å². The van der Waals surface area contributed by atoms with E-state index < -0.39 is 10.0 Å². The van der Waals surface area contributed by atoms with Crippen LogP contribution in [0.15, 0.2) is 28.0 Å². The minimum Gasteiger partial charge on any atom is -0.336 e. The SMILES string of the molecule is CC1=C(S(=O)(=O)Nc2nc(CCN3CCNC3=O)cs2)C=CCC1=O. The number of rotatable bonds is 6. The Kier molecular flexibility index (Phi) is 4.91. The van der Waals surface area contributed by atoms with Crippen molar-refractivity contribution in [2.75, 3.05) is 24.4 Å². The minimum absolute atomic E-state index is 0.0192. The summed E-state index contributed by atoms with van der Waals surface area (Å²) in [5, 5.41) is 4.73. The third-order valence-corrected chi connectivity index (χ3v) is 6.43. The maximum Gasteiger partial charge on any atom is 0.317 e. The molecule has 1 aromatic heterocycles. The van der Waals surface area contributed by atoms with E-state index in [0.717, 1.165) is 0 Å². The molecule has 2 amide bonds. The van der Waals surface area contributed by atoms with Crippen LogP contribution in [0.2, 0.25) is 0 Å². The molecule has 10 heteroatoms. The van der Waals surface area contributed by atoms with E-state index in [4.69, 9.17) is 0 Å². The van der Waals surface area contributed by atoms with Crippen molar-refractivity contribution in [3.05, 3.63) is 33.7 Å². The Bertz CT molecular complexity index is 870. The van der Waals surface area contributed by atoms with Crippen molar-refractivity contribution in [1.29, 1.82) is 0 Å². The van der Waals surface area contributed by atoms with Crippen LogP contribution in [-0.4, -0.2) is 49.8 Å². The zero-order chi connectivity index (χ0) is 18.0. The lowest BCUT2D eigenvalue weighted by Gasteiger charge is -2.13. The number of anilines is 1. The Morgan fingerprint density at radius 2 is 2.20 bits per heavy atom. The lowest BCUT2D eigenvalue weighted by atomic mass is 10.1. The van der Waals surface area contributed by atoms with Crippen LogP contribution in [0.1, 0.15) is 19.0 Å². The number of thiazole rings is 1. The first-order valence-electron chi connectivity index (χ1n) is 7.77. The molecule has 1 aliphatic heterocycles. The van der Waals surface area contributed by atoms with E-state index in [0.29, 0.717) is 31.7 Å². The summed E-state index contributed by atoms with van der Waals surface area (Å²) in [6, 6.07) is -0.0904. The molecule has 0 atom stereocenters. The third-order valence-electron chi connectivity index (χ3n) is 4.01. The van der Waals surface area contributed by atoms with E-state index in [1.54, 1.807) is 10.3 Å². The van der Waals surface area contributed by atoms with Gasteiger partial charge in [-0.1, -0.05) is 6.08 Å². The fourth-order valence-electron chi connectivity index (χ4n) is 2.59. The highest BCUT2D eigenvalue weighted by Crippen LogP contribution is 2.25. The number of nitrogens with zero attached hydrogens (tertiary/aromatic N) is 2. The van der Waals surface area contributed by atoms with Crippen molar-refractivity contribution in [3.63, 3.8) is 0 Å². The second-order valence-electron chi connectivity index (χ2n) is 5.74. The molecule has 25 heavy (non-hydrogen) atoms. The predicted octanol–water partition coefficient (Wildman–Crippen LogP) is 1.26. The third kappa shape index (κ3) is 3.90. The summed E-state index contributed by atoms with van der Waals surface area (Å²) in [5.74, 6) is -0.202. The van der Waals surface area contributed by atoms with Crippen molar-refractivity contribution >= 4 is 38.3 Å². The first-order chi connectivity index (χ1) is 11.9. The monoisotopic (exact) mass is 382 g/mol. The Morgan fingerprint density at radius 1 is 1.40 bits per heavy atom. The second-order valence-corrected chi connectivity index (χ2v) is 8.25. The molecule has 1 aliphatic carbocycles. The molecule has 1 aromatic rings. The molecular weight excluding hydrogens is 364 g/mol. The van der Waals surface area contributed by atoms with E-state index >= 15 is 0 Å². The molecule has 8 nitrogen and oxygen atoms in total. The maximum absolute atomic E-state index is 12.5. The number of urea groups is 1. The number of allylic oxidation sites excluding steroid dienone is 3. The molecule has 1 fully saturated rings. The van der Waals surface area contributed by atoms with Crippen LogP contribution < -0.4 is 10.0 Å². The number of nitrogens with one attached hydrogen (secondary N) is 2. The van der Waals surface area contributed by atoms with Crippen molar-refractivity contribution in [3.8, 4) is 0 Å². The zero-order valence-electron chi connectivity index (χ0n) is 13.6. The van der Waals surface area contributed by atoms with E-state index in [1.165, 1.54) is 30.4 Å². The minimum atomic E-state index is -3.85. The summed E-state index contributed by atoms with van der Waals surface area (Å²) >= 11 is 1.17. The van der Waals surface area contributed by atoms with Gasteiger partial charge < -0.3 is 10.2 Å². The highest BCUT2D eigenvalue weighted by atomic mass is 32.2. The van der Waals surface area contributed by atoms with Crippen LogP contribution in [0.3, 0.4) is 0 Å². The molecule has 0 bridgehead atoms. The highest BCUT2D eigenvalue weighted by Gasteiger charge is 2.25. The Morgan fingerprint density at radius 3 is 2.92 bits per heavy atom. The van der Waals surface area contributed by atoms with Gasteiger partial charge in [0.2, 0.25) is 0 Å². The summed E-state index contributed by atoms with van der Waals surface area (Å²) in [6.07, 6.45) is 3.75. The van der Waals surface area contributed by atoms with Gasteiger partial charge in [-0.2, -0.15) is 0 Å². The predicted molar refractivity (Wildman–Crippen MR) is 94.8 cm³/mol. The number of ketones is 1. The van der Waals surface area contributed by atoms with Crippen LogP contribution in [-0.2, 0) is 21.2 Å². The molecule has 1 saturated heterocycles. The smallest absolute Gasteiger partial charge is 0.317 e. The summed E-state index contributed by atoms with van der Waals surface area (Å²) in [7, 11) is -3.85. The molecule has 2 heterocycles. The Balaban J connectivity index is 1.66. The number of sulfonamides is 1. The average molecular weight is 382 g/mol. The van der Waals surface area contributed by atoms with Gasteiger partial charge in [-0.15, -0.1) is 11.3 Å². The fraction of sp³-hybridized carbons (Fsp3) is 0.400. The lowest BCUT2D eigenvalue weighted by Crippen LogP contribution is -2.30. The van der Waals surface area contributed by atoms with E-state index in [-0.39, 0.29) is 33.8 Å². The summed E-state index contributed by atoms with van der Waals surface area (Å²) < 4.78 is 27.3. The molecule has 0 unspecified atom stereocenters. The molecule has 0 saturated carbocycles. The van der Waals surface area contributed by atoms with Crippen molar-refractivity contribution in [1.82, 2.24) is 15.2 Å². The summed E-state index contributed by atoms with van der Waals surface area (Å²) in [6.45, 7) is 3.34. The van der Waals surface area contributed by atoms with Gasteiger partial charge in [0.15, 0.2) is 10.9 Å². The fourth-order valence-corrected chi connectivity index (χ4v) is 4.88. The summed E-state index contributed by atoms with van der Waals surface area (Å²) in [5.41, 5.74) is 0.940. The van der Waals surface area contributed by atoms with Gasteiger partial charge in [0.1, 0.15) is 0 Å². The van der Waals surface area contributed by atoms with E-state index in [9.17, 15) is 18.0 Å². The normalized spacial score (nSPS) is 18.0. The number of Topliss-reactive ketones (excluding diaryl/α,β-unsaturated/α-hetero) is 1. The van der Waals surface area contributed by atoms with Crippen molar-refractivity contribution in [2.24, 2.45) is 0 Å². The summed E-state index contributed by atoms with van der Waals surface area (Å²) in [4.78, 5) is 29.1. The molecule has 2 N–H and O–H groups in total. The molecule has 2 aliphatic rings. The first kappa shape index (κ1) is 17.6. The molecule has 3 rings (SSSR count).